The average Bonchev–Trinajstić information content (AvgIpc) is 2.70. The monoisotopic (exact) mass is 267 g/mol. The highest BCUT2D eigenvalue weighted by Crippen LogP contribution is 2.23. The summed E-state index contributed by atoms with van der Waals surface area (Å²) in [6.07, 6.45) is 1.52. The fraction of sp³-hybridized carbons (Fsp3) is 0.182. The van der Waals surface area contributed by atoms with Crippen LogP contribution in [0.3, 0.4) is 0 Å². The molecule has 1 amide bonds. The number of amides is 1. The van der Waals surface area contributed by atoms with Gasteiger partial charge in [0.05, 0.1) is 22.9 Å². The molecule has 7 heteroatoms. The molecule has 1 aromatic heterocycles. The summed E-state index contributed by atoms with van der Waals surface area (Å²) >= 11 is 5.38. The maximum Gasteiger partial charge on any atom is 0.337 e. The van der Waals surface area contributed by atoms with Gasteiger partial charge in [-0.2, -0.15) is 0 Å². The van der Waals surface area contributed by atoms with Crippen LogP contribution >= 0.6 is 11.6 Å². The number of carbonyl (C=O) groups is 2. The maximum absolute atomic E-state index is 11.2. The Labute approximate surface area is 107 Å². The Morgan fingerprint density at radius 2 is 2.22 bits per heavy atom. The van der Waals surface area contributed by atoms with Gasteiger partial charge in [-0.15, -0.1) is 11.6 Å². The first-order valence-electron chi connectivity index (χ1n) is 5.07. The average molecular weight is 268 g/mol. The van der Waals surface area contributed by atoms with Crippen molar-refractivity contribution in [1.82, 2.24) is 9.55 Å². The minimum atomic E-state index is -1.08. The standard InChI is InChI=1S/C11H10ClN3O3/c1-15-5-13-8-3-6(14-9(16)4-12)2-7(10(8)15)11(17)18/h2-3,5H,4H2,1H3,(H,14,16)(H,17,18). The Balaban J connectivity index is 2.58. The van der Waals surface area contributed by atoms with Crippen molar-refractivity contribution in [2.75, 3.05) is 11.2 Å². The molecule has 1 heterocycles. The molecule has 0 spiro atoms. The Morgan fingerprint density at radius 1 is 1.50 bits per heavy atom. The number of carboxylic acids is 1. The van der Waals surface area contributed by atoms with Gasteiger partial charge >= 0.3 is 5.97 Å². The molecule has 0 fully saturated rings. The number of carboxylic acid groups (broad SMARTS) is 1. The molecule has 0 aliphatic heterocycles. The first-order chi connectivity index (χ1) is 8.52. The zero-order chi connectivity index (χ0) is 13.3. The highest BCUT2D eigenvalue weighted by Gasteiger charge is 2.15. The number of nitrogens with zero attached hydrogens (tertiary/aromatic N) is 2. The van der Waals surface area contributed by atoms with Crippen LogP contribution in [0.5, 0.6) is 0 Å². The first kappa shape index (κ1) is 12.4. The van der Waals surface area contributed by atoms with E-state index in [0.717, 1.165) is 0 Å². The molecule has 0 bridgehead atoms. The molecule has 0 atom stereocenters. The molecular weight excluding hydrogens is 258 g/mol. The lowest BCUT2D eigenvalue weighted by atomic mass is 10.1. The van der Waals surface area contributed by atoms with Crippen LogP contribution in [0.2, 0.25) is 0 Å². The third-order valence-corrected chi connectivity index (χ3v) is 2.69. The highest BCUT2D eigenvalue weighted by atomic mass is 35.5. The van der Waals surface area contributed by atoms with Crippen LogP contribution in [0.15, 0.2) is 18.5 Å². The van der Waals surface area contributed by atoms with E-state index in [0.29, 0.717) is 16.7 Å². The molecule has 0 unspecified atom stereocenters. The van der Waals surface area contributed by atoms with Gasteiger partial charge in [-0.05, 0) is 12.1 Å². The summed E-state index contributed by atoms with van der Waals surface area (Å²) in [7, 11) is 1.71. The number of alkyl halides is 1. The van der Waals surface area contributed by atoms with Crippen molar-refractivity contribution < 1.29 is 14.7 Å². The Morgan fingerprint density at radius 3 is 2.83 bits per heavy atom. The zero-order valence-electron chi connectivity index (χ0n) is 9.48. The second-order valence-corrected chi connectivity index (χ2v) is 4.00. The SMILES string of the molecule is Cn1cnc2cc(NC(=O)CCl)cc(C(=O)O)c21. The minimum Gasteiger partial charge on any atom is -0.478 e. The molecule has 0 saturated heterocycles. The van der Waals surface area contributed by atoms with Gasteiger partial charge in [0, 0.05) is 12.7 Å². The molecule has 0 aliphatic carbocycles. The molecule has 0 radical (unpaired) electrons. The van der Waals surface area contributed by atoms with Crippen LogP contribution in [0, 0.1) is 0 Å². The number of benzene rings is 1. The Hall–Kier alpha value is -2.08. The van der Waals surface area contributed by atoms with Gasteiger partial charge in [-0.25, -0.2) is 9.78 Å². The fourth-order valence-corrected chi connectivity index (χ4v) is 1.79. The van der Waals surface area contributed by atoms with E-state index in [2.05, 4.69) is 10.3 Å². The first-order valence-corrected chi connectivity index (χ1v) is 5.60. The number of aromatic carboxylic acids is 1. The van der Waals surface area contributed by atoms with Crippen LogP contribution in [-0.4, -0.2) is 32.4 Å². The molecule has 0 aliphatic rings. The number of carbonyl (C=O) groups excluding carboxylic acids is 1. The quantitative estimate of drug-likeness (QED) is 0.825. The molecule has 18 heavy (non-hydrogen) atoms. The Kier molecular flexibility index (Phi) is 3.20. The third kappa shape index (κ3) is 2.14. The van der Waals surface area contributed by atoms with Gasteiger partial charge in [0.1, 0.15) is 5.88 Å². The van der Waals surface area contributed by atoms with Crippen LogP contribution < -0.4 is 5.32 Å². The van der Waals surface area contributed by atoms with Crippen molar-refractivity contribution in [3.8, 4) is 0 Å². The molecule has 0 saturated carbocycles. The van der Waals surface area contributed by atoms with Gasteiger partial charge in [0.2, 0.25) is 5.91 Å². The second kappa shape index (κ2) is 4.66. The lowest BCUT2D eigenvalue weighted by Gasteiger charge is -2.06. The van der Waals surface area contributed by atoms with Crippen molar-refractivity contribution in [3.63, 3.8) is 0 Å². The molecular formula is C11H10ClN3O3. The molecule has 6 nitrogen and oxygen atoms in total. The lowest BCUT2D eigenvalue weighted by Crippen LogP contribution is -2.13. The summed E-state index contributed by atoms with van der Waals surface area (Å²) in [4.78, 5) is 26.5. The summed E-state index contributed by atoms with van der Waals surface area (Å²) in [6, 6.07) is 2.99. The molecule has 2 rings (SSSR count). The number of halogens is 1. The van der Waals surface area contributed by atoms with Gasteiger partial charge in [0.15, 0.2) is 0 Å². The predicted molar refractivity (Wildman–Crippen MR) is 67.0 cm³/mol. The van der Waals surface area contributed by atoms with Crippen LogP contribution in [0.25, 0.3) is 11.0 Å². The molecule has 94 valence electrons. The van der Waals surface area contributed by atoms with Crippen molar-refractivity contribution in [2.45, 2.75) is 0 Å². The topological polar surface area (TPSA) is 84.2 Å². The summed E-state index contributed by atoms with van der Waals surface area (Å²) in [5, 5.41) is 11.7. The van der Waals surface area contributed by atoms with Gasteiger partial charge in [-0.1, -0.05) is 0 Å². The highest BCUT2D eigenvalue weighted by molar-refractivity contribution is 6.29. The van der Waals surface area contributed by atoms with E-state index in [-0.39, 0.29) is 11.4 Å². The van der Waals surface area contributed by atoms with Crippen molar-refractivity contribution in [1.29, 1.82) is 0 Å². The predicted octanol–water partition coefficient (Wildman–Crippen LogP) is 1.45. The minimum absolute atomic E-state index is 0.0809. The van der Waals surface area contributed by atoms with Gasteiger partial charge in [-0.3, -0.25) is 4.79 Å². The number of anilines is 1. The summed E-state index contributed by atoms with van der Waals surface area (Å²) in [5.74, 6) is -1.67. The number of hydrogen-bond acceptors (Lipinski definition) is 3. The molecule has 2 aromatic rings. The maximum atomic E-state index is 11.2. The zero-order valence-corrected chi connectivity index (χ0v) is 10.2. The van der Waals surface area contributed by atoms with Gasteiger partial charge < -0.3 is 15.0 Å². The molecule has 2 N–H and O–H groups in total. The van der Waals surface area contributed by atoms with Crippen molar-refractivity contribution in [3.05, 3.63) is 24.0 Å². The number of imidazole rings is 1. The van der Waals surface area contributed by atoms with Crippen LogP contribution in [0.4, 0.5) is 5.69 Å². The Bertz CT molecular complexity index is 636. The van der Waals surface area contributed by atoms with E-state index in [9.17, 15) is 9.59 Å². The van der Waals surface area contributed by atoms with E-state index < -0.39 is 11.9 Å². The largest absolute Gasteiger partial charge is 0.478 e. The van der Waals surface area contributed by atoms with E-state index in [4.69, 9.17) is 16.7 Å². The fourth-order valence-electron chi connectivity index (χ4n) is 1.72. The summed E-state index contributed by atoms with van der Waals surface area (Å²) < 4.78 is 1.62. The van der Waals surface area contributed by atoms with E-state index in [1.54, 1.807) is 17.7 Å². The lowest BCUT2D eigenvalue weighted by molar-refractivity contribution is -0.113. The van der Waals surface area contributed by atoms with E-state index in [1.165, 1.54) is 12.4 Å². The van der Waals surface area contributed by atoms with Crippen molar-refractivity contribution in [2.24, 2.45) is 7.05 Å². The third-order valence-electron chi connectivity index (χ3n) is 2.45. The van der Waals surface area contributed by atoms with Crippen LogP contribution in [-0.2, 0) is 11.8 Å². The van der Waals surface area contributed by atoms with Crippen LogP contribution in [0.1, 0.15) is 10.4 Å². The normalized spacial score (nSPS) is 10.6. The number of rotatable bonds is 3. The summed E-state index contributed by atoms with van der Waals surface area (Å²) in [6.45, 7) is 0. The van der Waals surface area contributed by atoms with E-state index >= 15 is 0 Å². The van der Waals surface area contributed by atoms with E-state index in [1.807, 2.05) is 0 Å². The smallest absolute Gasteiger partial charge is 0.337 e. The number of hydrogen-bond donors (Lipinski definition) is 2. The summed E-state index contributed by atoms with van der Waals surface area (Å²) in [5.41, 5.74) is 1.45. The second-order valence-electron chi connectivity index (χ2n) is 3.73. The number of fused-ring (bicyclic) bond motifs is 1. The van der Waals surface area contributed by atoms with Gasteiger partial charge in [0.25, 0.3) is 0 Å². The number of aryl methyl sites for hydroxylation is 1. The molecule has 1 aromatic carbocycles. The number of aromatic nitrogens is 2. The van der Waals surface area contributed by atoms with Crippen molar-refractivity contribution >= 4 is 40.2 Å². The number of nitrogens with one attached hydrogen (secondary N) is 1.